The van der Waals surface area contributed by atoms with Crippen LogP contribution in [-0.4, -0.2) is 32.8 Å². The number of H-pyrrole nitrogens is 1. The minimum absolute atomic E-state index is 0.0932. The van der Waals surface area contributed by atoms with Gasteiger partial charge in [-0.05, 0) is 12.3 Å². The van der Waals surface area contributed by atoms with E-state index in [9.17, 15) is 19.2 Å². The van der Waals surface area contributed by atoms with Crippen LogP contribution in [0, 0.1) is 5.92 Å². The van der Waals surface area contributed by atoms with Crippen LogP contribution in [0.5, 0.6) is 0 Å². The minimum atomic E-state index is -1.14. The maximum absolute atomic E-state index is 11.7. The molecule has 1 amide bonds. The van der Waals surface area contributed by atoms with E-state index in [0.717, 1.165) is 16.8 Å². The number of hydrogen-bond acceptors (Lipinski definition) is 4. The Hall–Kier alpha value is -2.38. The van der Waals surface area contributed by atoms with Crippen LogP contribution in [0.15, 0.2) is 21.7 Å². The molecular weight excluding hydrogens is 266 g/mol. The SMILES string of the molecule is CC(C)C[C@@H](NC(=O)Cn1[nH]c(=O)ccc1=O)C(=O)O. The van der Waals surface area contributed by atoms with Gasteiger partial charge in [-0.3, -0.25) is 19.5 Å². The number of nitrogens with one attached hydrogen (secondary N) is 2. The van der Waals surface area contributed by atoms with Gasteiger partial charge in [-0.1, -0.05) is 13.8 Å². The van der Waals surface area contributed by atoms with Gasteiger partial charge in [0.25, 0.3) is 11.1 Å². The number of carboxylic acid groups (broad SMARTS) is 1. The Kier molecular flexibility index (Phi) is 5.24. The highest BCUT2D eigenvalue weighted by Crippen LogP contribution is 2.04. The summed E-state index contributed by atoms with van der Waals surface area (Å²) in [7, 11) is 0. The van der Waals surface area contributed by atoms with Crippen LogP contribution in [0.2, 0.25) is 0 Å². The summed E-state index contributed by atoms with van der Waals surface area (Å²) in [5, 5.41) is 13.5. The zero-order valence-corrected chi connectivity index (χ0v) is 11.3. The van der Waals surface area contributed by atoms with Crippen LogP contribution in [0.3, 0.4) is 0 Å². The number of nitrogens with zero attached hydrogens (tertiary/aromatic N) is 1. The van der Waals surface area contributed by atoms with Crippen molar-refractivity contribution in [1.29, 1.82) is 0 Å². The number of hydrogen-bond donors (Lipinski definition) is 3. The summed E-state index contributed by atoms with van der Waals surface area (Å²) >= 11 is 0. The van der Waals surface area contributed by atoms with Crippen LogP contribution in [-0.2, 0) is 16.1 Å². The number of aromatic amines is 1. The Morgan fingerprint density at radius 1 is 1.35 bits per heavy atom. The molecule has 3 N–H and O–H groups in total. The largest absolute Gasteiger partial charge is 0.480 e. The molecule has 0 aliphatic carbocycles. The molecule has 110 valence electrons. The smallest absolute Gasteiger partial charge is 0.326 e. The third-order valence-electron chi connectivity index (χ3n) is 2.53. The molecule has 0 aromatic carbocycles. The monoisotopic (exact) mass is 283 g/mol. The highest BCUT2D eigenvalue weighted by Gasteiger charge is 2.21. The molecule has 8 heteroatoms. The molecule has 8 nitrogen and oxygen atoms in total. The van der Waals surface area contributed by atoms with E-state index < -0.39 is 35.6 Å². The highest BCUT2D eigenvalue weighted by atomic mass is 16.4. The Morgan fingerprint density at radius 2 is 2.00 bits per heavy atom. The third-order valence-corrected chi connectivity index (χ3v) is 2.53. The predicted molar refractivity (Wildman–Crippen MR) is 70.3 cm³/mol. The van der Waals surface area contributed by atoms with E-state index in [4.69, 9.17) is 5.11 Å². The Labute approximate surface area is 114 Å². The fourth-order valence-electron chi connectivity index (χ4n) is 1.66. The van der Waals surface area contributed by atoms with E-state index >= 15 is 0 Å². The quantitative estimate of drug-likeness (QED) is 0.628. The number of carbonyl (C=O) groups excluding carboxylic acids is 1. The fourth-order valence-corrected chi connectivity index (χ4v) is 1.66. The fraction of sp³-hybridized carbons (Fsp3) is 0.500. The molecule has 0 unspecified atom stereocenters. The second kappa shape index (κ2) is 6.69. The zero-order chi connectivity index (χ0) is 15.3. The topological polar surface area (TPSA) is 121 Å². The first-order chi connectivity index (χ1) is 9.29. The molecular formula is C12H17N3O5. The van der Waals surface area contributed by atoms with Crippen molar-refractivity contribution in [3.8, 4) is 0 Å². The maximum atomic E-state index is 11.7. The van der Waals surface area contributed by atoms with Gasteiger partial charge in [0.05, 0.1) is 0 Å². The van der Waals surface area contributed by atoms with Crippen molar-refractivity contribution in [2.75, 3.05) is 0 Å². The molecule has 1 atom stereocenters. The van der Waals surface area contributed by atoms with Crippen LogP contribution >= 0.6 is 0 Å². The van der Waals surface area contributed by atoms with Crippen molar-refractivity contribution >= 4 is 11.9 Å². The molecule has 1 aromatic rings. The molecule has 0 aliphatic heterocycles. The van der Waals surface area contributed by atoms with Gasteiger partial charge in [-0.15, -0.1) is 0 Å². The van der Waals surface area contributed by atoms with Crippen molar-refractivity contribution in [2.24, 2.45) is 5.92 Å². The molecule has 20 heavy (non-hydrogen) atoms. The third kappa shape index (κ3) is 4.71. The summed E-state index contributed by atoms with van der Waals surface area (Å²) in [4.78, 5) is 45.2. The average Bonchev–Trinajstić information content (AvgIpc) is 2.32. The number of carbonyl (C=O) groups is 2. The summed E-state index contributed by atoms with van der Waals surface area (Å²) in [6.07, 6.45) is 0.279. The number of rotatable bonds is 6. The average molecular weight is 283 g/mol. The molecule has 0 aliphatic rings. The number of amides is 1. The molecule has 0 saturated carbocycles. The molecule has 0 saturated heterocycles. The number of carboxylic acids is 1. The number of aliphatic carboxylic acids is 1. The highest BCUT2D eigenvalue weighted by molar-refractivity contribution is 5.83. The van der Waals surface area contributed by atoms with Crippen molar-refractivity contribution in [1.82, 2.24) is 15.1 Å². The van der Waals surface area contributed by atoms with Crippen molar-refractivity contribution in [3.05, 3.63) is 32.8 Å². The van der Waals surface area contributed by atoms with Crippen LogP contribution < -0.4 is 16.4 Å². The maximum Gasteiger partial charge on any atom is 0.326 e. The Balaban J connectivity index is 2.75. The van der Waals surface area contributed by atoms with Crippen molar-refractivity contribution < 1.29 is 14.7 Å². The first-order valence-corrected chi connectivity index (χ1v) is 6.12. The van der Waals surface area contributed by atoms with Gasteiger partial charge in [0.15, 0.2) is 0 Å². The van der Waals surface area contributed by atoms with Crippen molar-refractivity contribution in [3.63, 3.8) is 0 Å². The Morgan fingerprint density at radius 3 is 2.55 bits per heavy atom. The lowest BCUT2D eigenvalue weighted by atomic mass is 10.0. The zero-order valence-electron chi connectivity index (χ0n) is 11.3. The number of aromatic nitrogens is 2. The summed E-state index contributed by atoms with van der Waals surface area (Å²) in [6.45, 7) is 3.24. The van der Waals surface area contributed by atoms with E-state index in [1.807, 2.05) is 13.8 Å². The van der Waals surface area contributed by atoms with Crippen LogP contribution in [0.4, 0.5) is 0 Å². The molecule has 0 radical (unpaired) electrons. The van der Waals surface area contributed by atoms with Gasteiger partial charge in [0.2, 0.25) is 5.91 Å². The van der Waals surface area contributed by atoms with Gasteiger partial charge in [-0.25, -0.2) is 9.48 Å². The van der Waals surface area contributed by atoms with Crippen LogP contribution in [0.25, 0.3) is 0 Å². The van der Waals surface area contributed by atoms with E-state index in [1.54, 1.807) is 0 Å². The Bertz CT molecular complexity index is 602. The van der Waals surface area contributed by atoms with Gasteiger partial charge < -0.3 is 10.4 Å². The summed E-state index contributed by atoms with van der Waals surface area (Å²) in [5.74, 6) is -1.70. The van der Waals surface area contributed by atoms with E-state index in [2.05, 4.69) is 10.4 Å². The molecule has 0 fully saturated rings. The standard InChI is InChI=1S/C12H17N3O5/c1-7(2)5-8(12(19)20)13-10(17)6-15-11(18)4-3-9(16)14-15/h3-4,7-8H,5-6H2,1-2H3,(H,13,17)(H,14,16)(H,19,20)/t8-/m1/s1. The lowest BCUT2D eigenvalue weighted by Gasteiger charge is -2.16. The molecule has 1 heterocycles. The lowest BCUT2D eigenvalue weighted by Crippen LogP contribution is -2.44. The summed E-state index contributed by atoms with van der Waals surface area (Å²) in [5.41, 5.74) is -1.06. The summed E-state index contributed by atoms with van der Waals surface area (Å²) < 4.78 is 0.825. The van der Waals surface area contributed by atoms with E-state index in [1.165, 1.54) is 0 Å². The van der Waals surface area contributed by atoms with Gasteiger partial charge >= 0.3 is 5.97 Å². The molecule has 1 aromatic heterocycles. The minimum Gasteiger partial charge on any atom is -0.480 e. The van der Waals surface area contributed by atoms with Gasteiger partial charge in [-0.2, -0.15) is 0 Å². The van der Waals surface area contributed by atoms with Gasteiger partial charge in [0, 0.05) is 12.1 Å². The normalized spacial score (nSPS) is 12.2. The van der Waals surface area contributed by atoms with Crippen molar-refractivity contribution in [2.45, 2.75) is 32.9 Å². The molecule has 0 bridgehead atoms. The second-order valence-corrected chi connectivity index (χ2v) is 4.82. The first kappa shape index (κ1) is 15.7. The lowest BCUT2D eigenvalue weighted by molar-refractivity contribution is -0.142. The first-order valence-electron chi connectivity index (χ1n) is 6.12. The van der Waals surface area contributed by atoms with E-state index in [-0.39, 0.29) is 12.3 Å². The molecule has 0 spiro atoms. The van der Waals surface area contributed by atoms with Crippen LogP contribution in [0.1, 0.15) is 20.3 Å². The predicted octanol–water partition coefficient (Wildman–Crippen LogP) is -0.848. The molecule has 1 rings (SSSR count). The van der Waals surface area contributed by atoms with E-state index in [0.29, 0.717) is 0 Å². The van der Waals surface area contributed by atoms with Gasteiger partial charge in [0.1, 0.15) is 12.6 Å². The summed E-state index contributed by atoms with van der Waals surface area (Å²) in [6, 6.07) is 1.07. The second-order valence-electron chi connectivity index (χ2n) is 4.82.